The SMILES string of the molecule is CCN(CC)c1cc(Br)c(Cl)cc1C(=O)OC. The summed E-state index contributed by atoms with van der Waals surface area (Å²) in [5, 5.41) is 0.501. The molecule has 0 N–H and O–H groups in total. The molecule has 3 nitrogen and oxygen atoms in total. The Bertz CT molecular complexity index is 419. The minimum atomic E-state index is -0.374. The summed E-state index contributed by atoms with van der Waals surface area (Å²) >= 11 is 9.37. The molecule has 1 aromatic carbocycles. The second-order valence-electron chi connectivity index (χ2n) is 3.45. The summed E-state index contributed by atoms with van der Waals surface area (Å²) in [5.74, 6) is -0.374. The van der Waals surface area contributed by atoms with Crippen LogP contribution >= 0.6 is 27.5 Å². The van der Waals surface area contributed by atoms with Crippen molar-refractivity contribution in [3.05, 3.63) is 27.2 Å². The Labute approximate surface area is 115 Å². The molecule has 5 heteroatoms. The van der Waals surface area contributed by atoms with Gasteiger partial charge in [0.25, 0.3) is 0 Å². The van der Waals surface area contributed by atoms with Crippen molar-refractivity contribution < 1.29 is 9.53 Å². The van der Waals surface area contributed by atoms with E-state index in [1.165, 1.54) is 7.11 Å². The number of anilines is 1. The summed E-state index contributed by atoms with van der Waals surface area (Å²) in [7, 11) is 1.37. The maximum absolute atomic E-state index is 11.7. The number of hydrogen-bond acceptors (Lipinski definition) is 3. The lowest BCUT2D eigenvalue weighted by Crippen LogP contribution is -2.24. The molecule has 17 heavy (non-hydrogen) atoms. The maximum atomic E-state index is 11.7. The van der Waals surface area contributed by atoms with Crippen LogP contribution in [0.1, 0.15) is 24.2 Å². The van der Waals surface area contributed by atoms with E-state index < -0.39 is 0 Å². The lowest BCUT2D eigenvalue weighted by atomic mass is 10.1. The van der Waals surface area contributed by atoms with Crippen molar-refractivity contribution >= 4 is 39.2 Å². The van der Waals surface area contributed by atoms with Crippen molar-refractivity contribution in [2.45, 2.75) is 13.8 Å². The van der Waals surface area contributed by atoms with Crippen LogP contribution in [-0.4, -0.2) is 26.2 Å². The molecular weight excluding hydrogens is 305 g/mol. The first-order chi connectivity index (χ1) is 8.04. The molecule has 0 aliphatic carbocycles. The summed E-state index contributed by atoms with van der Waals surface area (Å²) in [5.41, 5.74) is 1.32. The number of rotatable bonds is 4. The fraction of sp³-hybridized carbons (Fsp3) is 0.417. The van der Waals surface area contributed by atoms with Gasteiger partial charge in [-0.1, -0.05) is 11.6 Å². The van der Waals surface area contributed by atoms with Gasteiger partial charge in [-0.05, 0) is 41.9 Å². The fourth-order valence-electron chi connectivity index (χ4n) is 1.64. The van der Waals surface area contributed by atoms with Crippen molar-refractivity contribution in [2.24, 2.45) is 0 Å². The number of benzene rings is 1. The van der Waals surface area contributed by atoms with E-state index in [0.29, 0.717) is 10.6 Å². The topological polar surface area (TPSA) is 29.5 Å². The van der Waals surface area contributed by atoms with Crippen LogP contribution in [0.5, 0.6) is 0 Å². The zero-order valence-corrected chi connectivity index (χ0v) is 12.4. The fourth-order valence-corrected chi connectivity index (χ4v) is 2.13. The molecule has 0 bridgehead atoms. The minimum absolute atomic E-state index is 0.374. The zero-order chi connectivity index (χ0) is 13.0. The maximum Gasteiger partial charge on any atom is 0.340 e. The Balaban J connectivity index is 3.34. The largest absolute Gasteiger partial charge is 0.465 e. The highest BCUT2D eigenvalue weighted by molar-refractivity contribution is 9.10. The third-order valence-corrected chi connectivity index (χ3v) is 3.75. The van der Waals surface area contributed by atoms with Gasteiger partial charge < -0.3 is 9.64 Å². The number of hydrogen-bond donors (Lipinski definition) is 0. The molecule has 0 amide bonds. The van der Waals surface area contributed by atoms with Crippen molar-refractivity contribution in [3.63, 3.8) is 0 Å². The first-order valence-electron chi connectivity index (χ1n) is 5.37. The van der Waals surface area contributed by atoms with E-state index >= 15 is 0 Å². The highest BCUT2D eigenvalue weighted by Crippen LogP contribution is 2.32. The van der Waals surface area contributed by atoms with Gasteiger partial charge in [0.15, 0.2) is 0 Å². The van der Waals surface area contributed by atoms with Crippen LogP contribution in [0.15, 0.2) is 16.6 Å². The number of esters is 1. The standard InChI is InChI=1S/C12H15BrClNO2/c1-4-15(5-2)11-7-9(13)10(14)6-8(11)12(16)17-3/h6-7H,4-5H2,1-3H3. The molecule has 1 aromatic rings. The summed E-state index contributed by atoms with van der Waals surface area (Å²) < 4.78 is 5.54. The van der Waals surface area contributed by atoms with Gasteiger partial charge in [-0.3, -0.25) is 0 Å². The Morgan fingerprint density at radius 1 is 1.41 bits per heavy atom. The number of halogens is 2. The van der Waals surface area contributed by atoms with Gasteiger partial charge >= 0.3 is 5.97 Å². The van der Waals surface area contributed by atoms with Crippen LogP contribution in [0.25, 0.3) is 0 Å². The summed E-state index contributed by atoms with van der Waals surface area (Å²) in [6.45, 7) is 5.70. The van der Waals surface area contributed by atoms with E-state index in [2.05, 4.69) is 20.8 Å². The van der Waals surface area contributed by atoms with Crippen LogP contribution in [0.3, 0.4) is 0 Å². The van der Waals surface area contributed by atoms with Gasteiger partial charge in [-0.2, -0.15) is 0 Å². The van der Waals surface area contributed by atoms with E-state index in [-0.39, 0.29) is 5.97 Å². The second kappa shape index (κ2) is 6.26. The first kappa shape index (κ1) is 14.3. The predicted molar refractivity (Wildman–Crippen MR) is 74.1 cm³/mol. The van der Waals surface area contributed by atoms with E-state index in [1.807, 2.05) is 19.9 Å². The normalized spacial score (nSPS) is 10.2. The van der Waals surface area contributed by atoms with Crippen LogP contribution < -0.4 is 4.90 Å². The number of carbonyl (C=O) groups is 1. The highest BCUT2D eigenvalue weighted by Gasteiger charge is 2.17. The molecule has 1 rings (SSSR count). The van der Waals surface area contributed by atoms with Gasteiger partial charge in [-0.15, -0.1) is 0 Å². The molecule has 0 heterocycles. The van der Waals surface area contributed by atoms with E-state index in [0.717, 1.165) is 23.2 Å². The second-order valence-corrected chi connectivity index (χ2v) is 4.71. The third-order valence-electron chi connectivity index (χ3n) is 2.55. The van der Waals surface area contributed by atoms with Crippen LogP contribution in [-0.2, 0) is 4.74 Å². The summed E-state index contributed by atoms with van der Waals surface area (Å²) in [6.07, 6.45) is 0. The van der Waals surface area contributed by atoms with Crippen LogP contribution in [0.2, 0.25) is 5.02 Å². The molecule has 0 atom stereocenters. The first-order valence-corrected chi connectivity index (χ1v) is 6.54. The lowest BCUT2D eigenvalue weighted by molar-refractivity contribution is 0.0601. The van der Waals surface area contributed by atoms with Gasteiger partial charge in [0.1, 0.15) is 0 Å². The quantitative estimate of drug-likeness (QED) is 0.792. The molecule has 0 aromatic heterocycles. The molecule has 94 valence electrons. The molecular formula is C12H15BrClNO2. The van der Waals surface area contributed by atoms with Crippen molar-refractivity contribution in [2.75, 3.05) is 25.1 Å². The smallest absolute Gasteiger partial charge is 0.340 e. The number of nitrogens with zero attached hydrogens (tertiary/aromatic N) is 1. The monoisotopic (exact) mass is 319 g/mol. The number of ether oxygens (including phenoxy) is 1. The molecule has 0 aliphatic rings. The Morgan fingerprint density at radius 2 is 2.00 bits per heavy atom. The van der Waals surface area contributed by atoms with Crippen molar-refractivity contribution in [3.8, 4) is 0 Å². The van der Waals surface area contributed by atoms with Gasteiger partial charge in [-0.25, -0.2) is 4.79 Å². The molecule has 0 fully saturated rings. The lowest BCUT2D eigenvalue weighted by Gasteiger charge is -2.23. The number of carbonyl (C=O) groups excluding carboxylic acids is 1. The molecule has 0 spiro atoms. The van der Waals surface area contributed by atoms with Crippen molar-refractivity contribution in [1.29, 1.82) is 0 Å². The Kier molecular flexibility index (Phi) is 5.28. The molecule has 0 unspecified atom stereocenters. The van der Waals surface area contributed by atoms with Gasteiger partial charge in [0, 0.05) is 17.6 Å². The number of methoxy groups -OCH3 is 1. The Hall–Kier alpha value is -0.740. The zero-order valence-electron chi connectivity index (χ0n) is 10.1. The van der Waals surface area contributed by atoms with E-state index in [1.54, 1.807) is 6.07 Å². The van der Waals surface area contributed by atoms with Crippen LogP contribution in [0, 0.1) is 0 Å². The van der Waals surface area contributed by atoms with Gasteiger partial charge in [0.05, 0.1) is 23.4 Å². The average molecular weight is 321 g/mol. The van der Waals surface area contributed by atoms with Crippen LogP contribution in [0.4, 0.5) is 5.69 Å². The molecule has 0 saturated heterocycles. The predicted octanol–water partition coefficient (Wildman–Crippen LogP) is 3.74. The highest BCUT2D eigenvalue weighted by atomic mass is 79.9. The van der Waals surface area contributed by atoms with E-state index in [9.17, 15) is 4.79 Å². The summed E-state index contributed by atoms with van der Waals surface area (Å²) in [6, 6.07) is 3.48. The van der Waals surface area contributed by atoms with Crippen molar-refractivity contribution in [1.82, 2.24) is 0 Å². The third kappa shape index (κ3) is 3.13. The van der Waals surface area contributed by atoms with Gasteiger partial charge in [0.2, 0.25) is 0 Å². The van der Waals surface area contributed by atoms with E-state index in [4.69, 9.17) is 16.3 Å². The molecule has 0 aliphatic heterocycles. The summed E-state index contributed by atoms with van der Waals surface area (Å²) in [4.78, 5) is 13.8. The molecule has 0 saturated carbocycles. The minimum Gasteiger partial charge on any atom is -0.465 e. The average Bonchev–Trinajstić information content (AvgIpc) is 2.33. The molecule has 0 radical (unpaired) electrons. The Morgan fingerprint density at radius 3 is 2.47 bits per heavy atom.